The minimum absolute atomic E-state index is 0. The zero-order chi connectivity index (χ0) is 9.42. The first-order valence-corrected chi connectivity index (χ1v) is 4.70. The monoisotopic (exact) mass is 269 g/mol. The molecule has 0 fully saturated rings. The molecule has 0 aliphatic rings. The second kappa shape index (κ2) is 3.95. The van der Waals surface area contributed by atoms with E-state index in [9.17, 15) is 0 Å². The van der Waals surface area contributed by atoms with Crippen LogP contribution in [0.5, 0.6) is 0 Å². The number of nitrogens with zero attached hydrogens (tertiary/aromatic N) is 2. The maximum absolute atomic E-state index is 8.84. The van der Waals surface area contributed by atoms with Gasteiger partial charge in [0.05, 0.1) is 5.38 Å². The van der Waals surface area contributed by atoms with Crippen LogP contribution in [0.3, 0.4) is 0 Å². The Morgan fingerprint density at radius 3 is 2.86 bits per heavy atom. The first-order chi connectivity index (χ1) is 6.24. The van der Waals surface area contributed by atoms with E-state index in [2.05, 4.69) is 6.07 Å². The van der Waals surface area contributed by atoms with Crippen molar-refractivity contribution < 1.29 is 21.4 Å². The molecule has 3 nitrogen and oxygen atoms in total. The number of hydrogen-bond donors (Lipinski definition) is 1. The van der Waals surface area contributed by atoms with Gasteiger partial charge in [-0.25, -0.2) is 0 Å². The summed E-state index contributed by atoms with van der Waals surface area (Å²) in [5.74, 6) is 0.689. The van der Waals surface area contributed by atoms with Gasteiger partial charge in [0.1, 0.15) is 17.3 Å². The molecular formula is C9H8BrN3S. The van der Waals surface area contributed by atoms with E-state index in [1.165, 1.54) is 11.3 Å². The molecule has 0 aromatic carbocycles. The van der Waals surface area contributed by atoms with E-state index < -0.39 is 0 Å². The number of thiazole rings is 1. The SMILES string of the molecule is Cc1ccc(C#N)c2scc(N)[n+]12.[Br-]. The fraction of sp³-hybridized carbons (Fsp3) is 0.111. The third-order valence-corrected chi connectivity index (χ3v) is 2.93. The molecule has 2 N–H and O–H groups in total. The van der Waals surface area contributed by atoms with Crippen molar-refractivity contribution in [2.24, 2.45) is 0 Å². The van der Waals surface area contributed by atoms with E-state index in [1.807, 2.05) is 28.8 Å². The van der Waals surface area contributed by atoms with Gasteiger partial charge in [-0.2, -0.15) is 9.66 Å². The topological polar surface area (TPSA) is 53.9 Å². The first-order valence-electron chi connectivity index (χ1n) is 3.82. The summed E-state index contributed by atoms with van der Waals surface area (Å²) in [5.41, 5.74) is 7.49. The van der Waals surface area contributed by atoms with E-state index in [1.54, 1.807) is 0 Å². The predicted molar refractivity (Wildman–Crippen MR) is 51.3 cm³/mol. The van der Waals surface area contributed by atoms with Crippen molar-refractivity contribution in [3.8, 4) is 6.07 Å². The van der Waals surface area contributed by atoms with Crippen molar-refractivity contribution in [3.05, 3.63) is 28.8 Å². The van der Waals surface area contributed by atoms with Crippen LogP contribution in [0.15, 0.2) is 17.5 Å². The lowest BCUT2D eigenvalue weighted by Gasteiger charge is -1.94. The molecule has 0 aliphatic carbocycles. The summed E-state index contributed by atoms with van der Waals surface area (Å²) < 4.78 is 1.89. The highest BCUT2D eigenvalue weighted by atomic mass is 79.9. The van der Waals surface area contributed by atoms with Crippen molar-refractivity contribution in [2.45, 2.75) is 6.92 Å². The van der Waals surface area contributed by atoms with Crippen LogP contribution in [-0.4, -0.2) is 0 Å². The number of halogens is 1. The van der Waals surface area contributed by atoms with Gasteiger partial charge in [0.25, 0.3) is 5.82 Å². The lowest BCUT2D eigenvalue weighted by molar-refractivity contribution is -0.499. The minimum atomic E-state index is 0. The molecule has 0 amide bonds. The summed E-state index contributed by atoms with van der Waals surface area (Å²) in [6.45, 7) is 1.97. The van der Waals surface area contributed by atoms with Crippen molar-refractivity contribution >= 4 is 22.0 Å². The van der Waals surface area contributed by atoms with E-state index >= 15 is 0 Å². The number of aryl methyl sites for hydroxylation is 1. The largest absolute Gasteiger partial charge is 1.00 e. The van der Waals surface area contributed by atoms with Crippen LogP contribution in [0.4, 0.5) is 5.82 Å². The van der Waals surface area contributed by atoms with Gasteiger partial charge >= 0.3 is 0 Å². The maximum atomic E-state index is 8.84. The van der Waals surface area contributed by atoms with E-state index in [4.69, 9.17) is 11.0 Å². The molecule has 2 heterocycles. The standard InChI is InChI=1S/C9H8N3S.BrH/c1-6-2-3-7(4-10)9-12(6)8(11)5-13-9;/h2-3,5H,11H2,1H3;1H/q+1;/p-1. The lowest BCUT2D eigenvalue weighted by Crippen LogP contribution is -3.00. The average molecular weight is 270 g/mol. The van der Waals surface area contributed by atoms with Crippen molar-refractivity contribution in [1.29, 1.82) is 5.26 Å². The number of fused-ring (bicyclic) bond motifs is 1. The van der Waals surface area contributed by atoms with Crippen LogP contribution < -0.4 is 27.1 Å². The van der Waals surface area contributed by atoms with Crippen LogP contribution in [0.2, 0.25) is 0 Å². The highest BCUT2D eigenvalue weighted by Crippen LogP contribution is 2.16. The van der Waals surface area contributed by atoms with Gasteiger partial charge in [-0.15, -0.1) is 0 Å². The Morgan fingerprint density at radius 1 is 1.50 bits per heavy atom. The summed E-state index contributed by atoms with van der Waals surface area (Å²) in [6, 6.07) is 5.86. The van der Waals surface area contributed by atoms with E-state index in [0.29, 0.717) is 11.4 Å². The molecule has 0 atom stereocenters. The Hall–Kier alpha value is -1.12. The highest BCUT2D eigenvalue weighted by molar-refractivity contribution is 7.15. The number of anilines is 1. The molecule has 0 aliphatic heterocycles. The Kier molecular flexibility index (Phi) is 3.09. The number of aromatic nitrogens is 1. The van der Waals surface area contributed by atoms with Gasteiger partial charge in [-0.3, -0.25) is 5.73 Å². The van der Waals surface area contributed by atoms with Crippen LogP contribution in [0.25, 0.3) is 4.83 Å². The fourth-order valence-electron chi connectivity index (χ4n) is 1.32. The molecule has 2 rings (SSSR count). The molecule has 0 bridgehead atoms. The van der Waals surface area contributed by atoms with Crippen LogP contribution in [0.1, 0.15) is 11.3 Å². The molecule has 2 aromatic rings. The Morgan fingerprint density at radius 2 is 2.21 bits per heavy atom. The summed E-state index contributed by atoms with van der Waals surface area (Å²) in [4.78, 5) is 0.917. The molecule has 14 heavy (non-hydrogen) atoms. The predicted octanol–water partition coefficient (Wildman–Crippen LogP) is -1.75. The van der Waals surface area contributed by atoms with Gasteiger partial charge in [0, 0.05) is 0 Å². The van der Waals surface area contributed by atoms with Crippen LogP contribution >= 0.6 is 11.3 Å². The number of nitriles is 1. The van der Waals surface area contributed by atoms with Crippen LogP contribution in [-0.2, 0) is 0 Å². The molecule has 72 valence electrons. The Labute approximate surface area is 96.2 Å². The molecule has 0 unspecified atom stereocenters. The molecule has 5 heteroatoms. The lowest BCUT2D eigenvalue weighted by atomic mass is 10.3. The number of pyridine rings is 1. The van der Waals surface area contributed by atoms with Gasteiger partial charge in [-0.1, -0.05) is 11.3 Å². The summed E-state index contributed by atoms with van der Waals surface area (Å²) in [5, 5.41) is 10.7. The van der Waals surface area contributed by atoms with Crippen molar-refractivity contribution in [2.75, 3.05) is 5.73 Å². The fourth-order valence-corrected chi connectivity index (χ4v) is 2.25. The number of nitrogen functional groups attached to an aromatic ring is 1. The smallest absolute Gasteiger partial charge is 0.288 e. The van der Waals surface area contributed by atoms with Gasteiger partial charge in [0.15, 0.2) is 0 Å². The first kappa shape index (κ1) is 11.0. The molecular weight excluding hydrogens is 262 g/mol. The normalized spacial score (nSPS) is 9.43. The number of nitrogens with two attached hydrogens (primary N) is 1. The van der Waals surface area contributed by atoms with Crippen LogP contribution in [0, 0.1) is 18.3 Å². The number of rotatable bonds is 0. The van der Waals surface area contributed by atoms with Crippen molar-refractivity contribution in [1.82, 2.24) is 0 Å². The van der Waals surface area contributed by atoms with Gasteiger partial charge in [0.2, 0.25) is 4.83 Å². The van der Waals surface area contributed by atoms with E-state index in [-0.39, 0.29) is 17.0 Å². The van der Waals surface area contributed by atoms with Crippen molar-refractivity contribution in [3.63, 3.8) is 0 Å². The average Bonchev–Trinajstić information content (AvgIpc) is 2.50. The molecule has 0 radical (unpaired) electrons. The van der Waals surface area contributed by atoms with Gasteiger partial charge in [-0.05, 0) is 19.1 Å². The molecule has 0 saturated carbocycles. The van der Waals surface area contributed by atoms with E-state index in [0.717, 1.165) is 10.5 Å². The summed E-state index contributed by atoms with van der Waals surface area (Å²) in [6.07, 6.45) is 0. The minimum Gasteiger partial charge on any atom is -1.00 e. The number of hydrogen-bond acceptors (Lipinski definition) is 3. The zero-order valence-corrected chi connectivity index (χ0v) is 9.89. The molecule has 0 saturated heterocycles. The quantitative estimate of drug-likeness (QED) is 0.577. The molecule has 0 spiro atoms. The second-order valence-electron chi connectivity index (χ2n) is 2.80. The summed E-state index contributed by atoms with van der Waals surface area (Å²) in [7, 11) is 0. The maximum Gasteiger partial charge on any atom is 0.288 e. The third-order valence-electron chi connectivity index (χ3n) is 1.95. The Balaban J connectivity index is 0.000000980. The zero-order valence-electron chi connectivity index (χ0n) is 7.49. The third kappa shape index (κ3) is 1.47. The Bertz CT molecular complexity index is 512. The summed E-state index contributed by atoms with van der Waals surface area (Å²) >= 11 is 1.49. The second-order valence-corrected chi connectivity index (χ2v) is 3.66. The van der Waals surface area contributed by atoms with Gasteiger partial charge < -0.3 is 17.0 Å². The highest BCUT2D eigenvalue weighted by Gasteiger charge is 2.13. The molecule has 2 aromatic heterocycles.